The Labute approximate surface area is 97.5 Å². The van der Waals surface area contributed by atoms with Crippen molar-refractivity contribution >= 4 is 27.4 Å². The normalized spacial score (nSPS) is 12.8. The molecule has 2 rings (SSSR count). The Hall–Kier alpha value is -1.39. The van der Waals surface area contributed by atoms with Crippen LogP contribution in [0.1, 0.15) is 17.2 Å². The zero-order valence-corrected chi connectivity index (χ0v) is 9.54. The molecule has 3 N–H and O–H groups in total. The molecule has 0 bridgehead atoms. The second kappa shape index (κ2) is 4.63. The summed E-state index contributed by atoms with van der Waals surface area (Å²) in [4.78, 5) is 11.8. The van der Waals surface area contributed by atoms with Gasteiger partial charge in [0.15, 0.2) is 0 Å². The second-order valence-corrected chi connectivity index (χ2v) is 4.83. The highest BCUT2D eigenvalue weighted by molar-refractivity contribution is 7.19. The third-order valence-electron chi connectivity index (χ3n) is 2.55. The topological polar surface area (TPSA) is 63.3 Å². The van der Waals surface area contributed by atoms with Crippen LogP contribution >= 0.6 is 11.3 Å². The van der Waals surface area contributed by atoms with E-state index in [1.165, 1.54) is 4.70 Å². The molecule has 1 heterocycles. The fourth-order valence-electron chi connectivity index (χ4n) is 1.71. The van der Waals surface area contributed by atoms with Gasteiger partial charge < -0.3 is 10.8 Å². The number of carbonyl (C=O) groups is 1. The van der Waals surface area contributed by atoms with E-state index in [9.17, 15) is 4.79 Å². The van der Waals surface area contributed by atoms with E-state index in [1.54, 1.807) is 11.3 Å². The Kier molecular flexibility index (Phi) is 3.22. The van der Waals surface area contributed by atoms with Crippen molar-refractivity contribution in [2.45, 2.75) is 12.3 Å². The summed E-state index contributed by atoms with van der Waals surface area (Å²) in [5.41, 5.74) is 5.62. The van der Waals surface area contributed by atoms with E-state index >= 15 is 0 Å². The number of aliphatic carboxylic acids is 1. The van der Waals surface area contributed by atoms with E-state index in [4.69, 9.17) is 10.8 Å². The first-order chi connectivity index (χ1) is 7.70. The lowest BCUT2D eigenvalue weighted by atomic mass is 10.0. The van der Waals surface area contributed by atoms with Gasteiger partial charge in [0.05, 0.1) is 6.42 Å². The van der Waals surface area contributed by atoms with E-state index in [0.29, 0.717) is 6.54 Å². The third kappa shape index (κ3) is 2.23. The van der Waals surface area contributed by atoms with E-state index in [0.717, 1.165) is 10.3 Å². The number of hydrogen-bond donors (Lipinski definition) is 2. The molecular formula is C12H13NO2S. The van der Waals surface area contributed by atoms with E-state index in [-0.39, 0.29) is 12.3 Å². The Balaban J connectivity index is 2.34. The Morgan fingerprint density at radius 3 is 2.81 bits per heavy atom. The fraction of sp³-hybridized carbons (Fsp3) is 0.250. The Morgan fingerprint density at radius 1 is 1.44 bits per heavy atom. The highest BCUT2D eigenvalue weighted by Crippen LogP contribution is 2.31. The first-order valence-electron chi connectivity index (χ1n) is 5.11. The number of carboxylic acids is 1. The fourth-order valence-corrected chi connectivity index (χ4v) is 2.89. The van der Waals surface area contributed by atoms with Crippen LogP contribution in [-0.4, -0.2) is 17.6 Å². The minimum Gasteiger partial charge on any atom is -0.481 e. The molecule has 0 saturated heterocycles. The number of thiophene rings is 1. The first-order valence-corrected chi connectivity index (χ1v) is 5.92. The minimum absolute atomic E-state index is 0.0742. The molecule has 84 valence electrons. The SMILES string of the molecule is NCC(CC(=O)O)c1cc2ccccc2s1. The van der Waals surface area contributed by atoms with Crippen molar-refractivity contribution in [3.8, 4) is 0 Å². The van der Waals surface area contributed by atoms with Gasteiger partial charge in [0.2, 0.25) is 0 Å². The lowest BCUT2D eigenvalue weighted by Gasteiger charge is -2.08. The van der Waals surface area contributed by atoms with E-state index in [1.807, 2.05) is 30.3 Å². The van der Waals surface area contributed by atoms with E-state index in [2.05, 4.69) is 0 Å². The van der Waals surface area contributed by atoms with Gasteiger partial charge in [-0.3, -0.25) is 4.79 Å². The Morgan fingerprint density at radius 2 is 2.19 bits per heavy atom. The van der Waals surface area contributed by atoms with E-state index < -0.39 is 5.97 Å². The monoisotopic (exact) mass is 235 g/mol. The molecule has 1 aromatic heterocycles. The average molecular weight is 235 g/mol. The molecule has 0 radical (unpaired) electrons. The molecule has 0 saturated carbocycles. The summed E-state index contributed by atoms with van der Waals surface area (Å²) < 4.78 is 1.18. The number of fused-ring (bicyclic) bond motifs is 1. The van der Waals surface area contributed by atoms with Crippen LogP contribution in [0.5, 0.6) is 0 Å². The van der Waals surface area contributed by atoms with Crippen LogP contribution in [-0.2, 0) is 4.79 Å². The lowest BCUT2D eigenvalue weighted by molar-refractivity contribution is -0.137. The molecule has 0 aliphatic heterocycles. The molecule has 4 heteroatoms. The van der Waals surface area contributed by atoms with Gasteiger partial charge in [0, 0.05) is 22.0 Å². The quantitative estimate of drug-likeness (QED) is 0.855. The van der Waals surface area contributed by atoms with Crippen molar-refractivity contribution in [3.05, 3.63) is 35.2 Å². The summed E-state index contributed by atoms with van der Waals surface area (Å²) >= 11 is 1.63. The highest BCUT2D eigenvalue weighted by atomic mass is 32.1. The second-order valence-electron chi connectivity index (χ2n) is 3.72. The summed E-state index contributed by atoms with van der Waals surface area (Å²) in [7, 11) is 0. The van der Waals surface area contributed by atoms with Crippen molar-refractivity contribution in [1.82, 2.24) is 0 Å². The number of nitrogens with two attached hydrogens (primary N) is 1. The number of hydrogen-bond acceptors (Lipinski definition) is 3. The van der Waals surface area contributed by atoms with Crippen LogP contribution in [0.15, 0.2) is 30.3 Å². The van der Waals surface area contributed by atoms with Crippen LogP contribution in [0.2, 0.25) is 0 Å². The maximum atomic E-state index is 10.7. The van der Waals surface area contributed by atoms with Crippen molar-refractivity contribution in [1.29, 1.82) is 0 Å². The maximum absolute atomic E-state index is 10.7. The van der Waals surface area contributed by atoms with Gasteiger partial charge in [-0.2, -0.15) is 0 Å². The summed E-state index contributed by atoms with van der Waals surface area (Å²) in [6.07, 6.45) is 0.101. The zero-order valence-electron chi connectivity index (χ0n) is 8.72. The van der Waals surface area contributed by atoms with Crippen molar-refractivity contribution < 1.29 is 9.90 Å². The van der Waals surface area contributed by atoms with Gasteiger partial charge in [-0.05, 0) is 17.5 Å². The smallest absolute Gasteiger partial charge is 0.304 e. The van der Waals surface area contributed by atoms with Gasteiger partial charge in [0.25, 0.3) is 0 Å². The van der Waals surface area contributed by atoms with Gasteiger partial charge in [-0.25, -0.2) is 0 Å². The number of benzene rings is 1. The van der Waals surface area contributed by atoms with Crippen LogP contribution in [0.3, 0.4) is 0 Å². The summed E-state index contributed by atoms with van der Waals surface area (Å²) in [5.74, 6) is -0.872. The van der Waals surface area contributed by atoms with Crippen molar-refractivity contribution in [2.75, 3.05) is 6.54 Å². The third-order valence-corrected chi connectivity index (χ3v) is 3.83. The largest absolute Gasteiger partial charge is 0.481 e. The van der Waals surface area contributed by atoms with Gasteiger partial charge in [-0.1, -0.05) is 18.2 Å². The number of rotatable bonds is 4. The summed E-state index contributed by atoms with van der Waals surface area (Å²) in [6, 6.07) is 10.1. The summed E-state index contributed by atoms with van der Waals surface area (Å²) in [6.45, 7) is 0.374. The van der Waals surface area contributed by atoms with Gasteiger partial charge >= 0.3 is 5.97 Å². The maximum Gasteiger partial charge on any atom is 0.304 e. The van der Waals surface area contributed by atoms with Gasteiger partial charge in [0.1, 0.15) is 0 Å². The van der Waals surface area contributed by atoms with Crippen LogP contribution in [0.4, 0.5) is 0 Å². The molecule has 1 unspecified atom stereocenters. The average Bonchev–Trinajstić information content (AvgIpc) is 2.68. The predicted octanol–water partition coefficient (Wildman–Crippen LogP) is 2.42. The molecule has 3 nitrogen and oxygen atoms in total. The zero-order chi connectivity index (χ0) is 11.5. The lowest BCUT2D eigenvalue weighted by Crippen LogP contribution is -2.15. The molecule has 0 aliphatic rings. The van der Waals surface area contributed by atoms with Crippen LogP contribution < -0.4 is 5.73 Å². The molecule has 0 fully saturated rings. The van der Waals surface area contributed by atoms with Gasteiger partial charge in [-0.15, -0.1) is 11.3 Å². The molecule has 2 aromatic rings. The number of carboxylic acid groups (broad SMARTS) is 1. The molecule has 0 aliphatic carbocycles. The van der Waals surface area contributed by atoms with Crippen molar-refractivity contribution in [3.63, 3.8) is 0 Å². The predicted molar refractivity (Wildman–Crippen MR) is 65.9 cm³/mol. The highest BCUT2D eigenvalue weighted by Gasteiger charge is 2.16. The molecule has 1 atom stereocenters. The first kappa shape index (κ1) is 11.1. The summed E-state index contributed by atoms with van der Waals surface area (Å²) in [5, 5.41) is 9.96. The van der Waals surface area contributed by atoms with Crippen molar-refractivity contribution in [2.24, 2.45) is 5.73 Å². The molecular weight excluding hydrogens is 222 g/mol. The Bertz CT molecular complexity index is 473. The molecule has 0 spiro atoms. The molecule has 16 heavy (non-hydrogen) atoms. The molecule has 0 amide bonds. The van der Waals surface area contributed by atoms with Crippen LogP contribution in [0.25, 0.3) is 10.1 Å². The minimum atomic E-state index is -0.798. The molecule has 1 aromatic carbocycles. The van der Waals surface area contributed by atoms with Crippen LogP contribution in [0, 0.1) is 0 Å². The standard InChI is InChI=1S/C12H13NO2S/c13-7-9(6-12(14)15)11-5-8-3-1-2-4-10(8)16-11/h1-5,9H,6-7,13H2,(H,14,15).